The average Bonchev–Trinajstić information content (AvgIpc) is 2.71. The van der Waals surface area contributed by atoms with Gasteiger partial charge in [-0.1, -0.05) is 24.6 Å². The molecule has 1 aromatic carbocycles. The van der Waals surface area contributed by atoms with Gasteiger partial charge in [0.05, 0.1) is 5.69 Å². The van der Waals surface area contributed by atoms with Crippen molar-refractivity contribution in [3.8, 4) is 5.69 Å². The Balaban J connectivity index is 2.39. The van der Waals surface area contributed by atoms with Crippen LogP contribution in [0.2, 0.25) is 5.02 Å². The first-order valence-corrected chi connectivity index (χ1v) is 6.56. The first kappa shape index (κ1) is 13.0. The van der Waals surface area contributed by atoms with Gasteiger partial charge in [-0.15, -0.1) is 0 Å². The van der Waals surface area contributed by atoms with E-state index in [1.165, 1.54) is 0 Å². The van der Waals surface area contributed by atoms with Gasteiger partial charge in [0.25, 0.3) is 0 Å². The molecular formula is C14H18ClN3. The number of aryl methyl sites for hydroxylation is 2. The summed E-state index contributed by atoms with van der Waals surface area (Å²) in [7, 11) is 0. The number of rotatable bonds is 4. The van der Waals surface area contributed by atoms with Crippen LogP contribution in [-0.4, -0.2) is 16.1 Å². The lowest BCUT2D eigenvalue weighted by Gasteiger charge is -2.10. The van der Waals surface area contributed by atoms with Crippen molar-refractivity contribution >= 4 is 17.5 Å². The van der Waals surface area contributed by atoms with Crippen molar-refractivity contribution in [1.29, 1.82) is 0 Å². The Labute approximate surface area is 113 Å². The standard InChI is InChI=1S/C14H18ClN3/c1-4-7-16-14-17-11(3)9-18(14)12-6-5-10(2)13(15)8-12/h5-6,8-9H,4,7H2,1-3H3,(H,16,17). The van der Waals surface area contributed by atoms with Crippen molar-refractivity contribution in [2.45, 2.75) is 27.2 Å². The van der Waals surface area contributed by atoms with Crippen LogP contribution in [0.3, 0.4) is 0 Å². The lowest BCUT2D eigenvalue weighted by atomic mass is 10.2. The minimum atomic E-state index is 0.778. The molecule has 0 aliphatic carbocycles. The average molecular weight is 264 g/mol. The van der Waals surface area contributed by atoms with E-state index in [-0.39, 0.29) is 0 Å². The topological polar surface area (TPSA) is 29.9 Å². The van der Waals surface area contributed by atoms with E-state index in [9.17, 15) is 0 Å². The molecule has 1 N–H and O–H groups in total. The van der Waals surface area contributed by atoms with E-state index in [1.807, 2.05) is 36.7 Å². The summed E-state index contributed by atoms with van der Waals surface area (Å²) in [6.45, 7) is 7.04. The van der Waals surface area contributed by atoms with Crippen LogP contribution in [0.4, 0.5) is 5.95 Å². The summed E-state index contributed by atoms with van der Waals surface area (Å²) in [4.78, 5) is 4.49. The number of benzene rings is 1. The Bertz CT molecular complexity index is 546. The van der Waals surface area contributed by atoms with Gasteiger partial charge < -0.3 is 5.32 Å². The fourth-order valence-corrected chi connectivity index (χ4v) is 1.96. The van der Waals surface area contributed by atoms with Crippen LogP contribution < -0.4 is 5.32 Å². The van der Waals surface area contributed by atoms with Crippen molar-refractivity contribution in [3.05, 3.63) is 40.7 Å². The number of imidazole rings is 1. The second-order valence-electron chi connectivity index (χ2n) is 4.44. The van der Waals surface area contributed by atoms with E-state index >= 15 is 0 Å². The zero-order valence-corrected chi connectivity index (χ0v) is 11.8. The van der Waals surface area contributed by atoms with Crippen LogP contribution in [0, 0.1) is 13.8 Å². The highest BCUT2D eigenvalue weighted by Crippen LogP contribution is 2.22. The van der Waals surface area contributed by atoms with Crippen LogP contribution in [0.1, 0.15) is 24.6 Å². The highest BCUT2D eigenvalue weighted by molar-refractivity contribution is 6.31. The first-order valence-electron chi connectivity index (χ1n) is 6.18. The molecule has 0 spiro atoms. The Morgan fingerprint density at radius 2 is 2.11 bits per heavy atom. The van der Waals surface area contributed by atoms with Gasteiger partial charge in [0.2, 0.25) is 5.95 Å². The Kier molecular flexibility index (Phi) is 3.92. The summed E-state index contributed by atoms with van der Waals surface area (Å²) in [6, 6.07) is 6.05. The normalized spacial score (nSPS) is 10.7. The van der Waals surface area contributed by atoms with Crippen molar-refractivity contribution in [2.75, 3.05) is 11.9 Å². The summed E-state index contributed by atoms with van der Waals surface area (Å²) in [5, 5.41) is 4.10. The second kappa shape index (κ2) is 5.44. The fourth-order valence-electron chi connectivity index (χ4n) is 1.79. The summed E-state index contributed by atoms with van der Waals surface area (Å²) in [5.74, 6) is 0.870. The molecule has 0 amide bonds. The SMILES string of the molecule is CCCNc1nc(C)cn1-c1ccc(C)c(Cl)c1. The Morgan fingerprint density at radius 1 is 1.33 bits per heavy atom. The molecule has 96 valence electrons. The fraction of sp³-hybridized carbons (Fsp3) is 0.357. The Morgan fingerprint density at radius 3 is 2.78 bits per heavy atom. The zero-order chi connectivity index (χ0) is 13.1. The van der Waals surface area contributed by atoms with Gasteiger partial charge in [0.15, 0.2) is 0 Å². The highest BCUT2D eigenvalue weighted by Gasteiger charge is 2.07. The first-order chi connectivity index (χ1) is 8.61. The summed E-state index contributed by atoms with van der Waals surface area (Å²) in [5.41, 5.74) is 3.11. The minimum absolute atomic E-state index is 0.778. The van der Waals surface area contributed by atoms with E-state index in [2.05, 4.69) is 23.3 Å². The molecule has 0 aliphatic heterocycles. The molecule has 0 saturated heterocycles. The summed E-state index contributed by atoms with van der Waals surface area (Å²) >= 11 is 6.17. The third-order valence-electron chi connectivity index (χ3n) is 2.79. The van der Waals surface area contributed by atoms with Crippen LogP contribution in [0.15, 0.2) is 24.4 Å². The quantitative estimate of drug-likeness (QED) is 0.905. The number of nitrogens with one attached hydrogen (secondary N) is 1. The molecule has 0 unspecified atom stereocenters. The summed E-state index contributed by atoms with van der Waals surface area (Å²) in [6.07, 6.45) is 3.08. The molecule has 0 radical (unpaired) electrons. The second-order valence-corrected chi connectivity index (χ2v) is 4.84. The molecule has 1 aromatic heterocycles. The third kappa shape index (κ3) is 2.67. The van der Waals surface area contributed by atoms with E-state index in [4.69, 9.17) is 11.6 Å². The van der Waals surface area contributed by atoms with Crippen molar-refractivity contribution in [2.24, 2.45) is 0 Å². The third-order valence-corrected chi connectivity index (χ3v) is 3.20. The van der Waals surface area contributed by atoms with Gasteiger partial charge in [-0.2, -0.15) is 0 Å². The number of aromatic nitrogens is 2. The maximum absolute atomic E-state index is 6.17. The van der Waals surface area contributed by atoms with Gasteiger partial charge in [-0.05, 0) is 38.0 Å². The predicted octanol–water partition coefficient (Wildman–Crippen LogP) is 3.96. The van der Waals surface area contributed by atoms with Crippen molar-refractivity contribution in [3.63, 3.8) is 0 Å². The number of halogens is 1. The molecule has 1 heterocycles. The zero-order valence-electron chi connectivity index (χ0n) is 11.0. The van der Waals surface area contributed by atoms with Crippen LogP contribution in [0.5, 0.6) is 0 Å². The van der Waals surface area contributed by atoms with E-state index in [1.54, 1.807) is 0 Å². The molecule has 3 nitrogen and oxygen atoms in total. The molecular weight excluding hydrogens is 246 g/mol. The largest absolute Gasteiger partial charge is 0.355 e. The van der Waals surface area contributed by atoms with Crippen LogP contribution >= 0.6 is 11.6 Å². The molecule has 18 heavy (non-hydrogen) atoms. The molecule has 0 aliphatic rings. The van der Waals surface area contributed by atoms with Crippen molar-refractivity contribution in [1.82, 2.24) is 9.55 Å². The number of anilines is 1. The van der Waals surface area contributed by atoms with Crippen molar-refractivity contribution < 1.29 is 0 Å². The van der Waals surface area contributed by atoms with Gasteiger partial charge in [-0.3, -0.25) is 4.57 Å². The van der Waals surface area contributed by atoms with Gasteiger partial charge in [0, 0.05) is 23.5 Å². The molecule has 2 rings (SSSR count). The molecule has 4 heteroatoms. The lowest BCUT2D eigenvalue weighted by Crippen LogP contribution is -2.06. The number of nitrogens with zero attached hydrogens (tertiary/aromatic N) is 2. The molecule has 0 atom stereocenters. The number of hydrogen-bond donors (Lipinski definition) is 1. The molecule has 0 fully saturated rings. The van der Waals surface area contributed by atoms with Gasteiger partial charge in [0.1, 0.15) is 0 Å². The monoisotopic (exact) mass is 263 g/mol. The van der Waals surface area contributed by atoms with Crippen LogP contribution in [0.25, 0.3) is 5.69 Å². The molecule has 0 bridgehead atoms. The molecule has 0 saturated carbocycles. The summed E-state index contributed by atoms with van der Waals surface area (Å²) < 4.78 is 2.04. The Hall–Kier alpha value is -1.48. The van der Waals surface area contributed by atoms with E-state index in [0.29, 0.717) is 0 Å². The highest BCUT2D eigenvalue weighted by atomic mass is 35.5. The molecule has 2 aromatic rings. The van der Waals surface area contributed by atoms with Gasteiger partial charge >= 0.3 is 0 Å². The smallest absolute Gasteiger partial charge is 0.207 e. The van der Waals surface area contributed by atoms with E-state index < -0.39 is 0 Å². The van der Waals surface area contributed by atoms with E-state index in [0.717, 1.165) is 40.9 Å². The van der Waals surface area contributed by atoms with Crippen LogP contribution in [-0.2, 0) is 0 Å². The number of hydrogen-bond acceptors (Lipinski definition) is 2. The van der Waals surface area contributed by atoms with Gasteiger partial charge in [-0.25, -0.2) is 4.98 Å². The lowest BCUT2D eigenvalue weighted by molar-refractivity contribution is 0.936. The maximum atomic E-state index is 6.17. The predicted molar refractivity (Wildman–Crippen MR) is 76.8 cm³/mol. The maximum Gasteiger partial charge on any atom is 0.207 e. The minimum Gasteiger partial charge on any atom is -0.355 e.